The van der Waals surface area contributed by atoms with E-state index in [2.05, 4.69) is 25.5 Å². The molecule has 1 unspecified atom stereocenters. The van der Waals surface area contributed by atoms with Gasteiger partial charge in [0.25, 0.3) is 0 Å². The number of fused-ring (bicyclic) bond motifs is 3. The highest BCUT2D eigenvalue weighted by molar-refractivity contribution is 7.13. The van der Waals surface area contributed by atoms with E-state index in [-0.39, 0.29) is 18.4 Å². The fourth-order valence-corrected chi connectivity index (χ4v) is 4.51. The summed E-state index contributed by atoms with van der Waals surface area (Å²) in [7, 11) is 0. The quantitative estimate of drug-likeness (QED) is 0.782. The SMILES string of the molecule is O=C(Nc1nccs1)[C@H]1CN2CC[C@H]1C[C@@H]2Cn1cc(CCO)nn1. The number of rotatable bonds is 6. The molecule has 3 aliphatic rings. The zero-order chi connectivity index (χ0) is 17.2. The van der Waals surface area contributed by atoms with Crippen molar-refractivity contribution < 1.29 is 9.90 Å². The molecule has 1 amide bonds. The maximum atomic E-state index is 12.6. The Morgan fingerprint density at radius 1 is 1.48 bits per heavy atom. The predicted octanol–water partition coefficient (Wildman–Crippen LogP) is 0.618. The second kappa shape index (κ2) is 7.19. The summed E-state index contributed by atoms with van der Waals surface area (Å²) >= 11 is 1.45. The van der Waals surface area contributed by atoms with Gasteiger partial charge < -0.3 is 10.4 Å². The average molecular weight is 362 g/mol. The van der Waals surface area contributed by atoms with E-state index < -0.39 is 0 Å². The van der Waals surface area contributed by atoms with Gasteiger partial charge in [0.1, 0.15) is 0 Å². The largest absolute Gasteiger partial charge is 0.396 e. The van der Waals surface area contributed by atoms with Crippen LogP contribution in [-0.2, 0) is 17.8 Å². The molecule has 2 aromatic rings. The second-order valence-corrected chi connectivity index (χ2v) is 7.67. The summed E-state index contributed by atoms with van der Waals surface area (Å²) in [6.07, 6.45) is 6.23. The minimum Gasteiger partial charge on any atom is -0.396 e. The Hall–Kier alpha value is -1.84. The lowest BCUT2D eigenvalue weighted by molar-refractivity contribution is -0.127. The lowest BCUT2D eigenvalue weighted by atomic mass is 9.75. The van der Waals surface area contributed by atoms with Gasteiger partial charge in [-0.2, -0.15) is 0 Å². The fourth-order valence-electron chi connectivity index (χ4n) is 3.98. The van der Waals surface area contributed by atoms with E-state index in [0.717, 1.165) is 38.2 Å². The van der Waals surface area contributed by atoms with E-state index in [1.54, 1.807) is 6.20 Å². The van der Waals surface area contributed by atoms with Crippen LogP contribution in [0.3, 0.4) is 0 Å². The Morgan fingerprint density at radius 3 is 3.12 bits per heavy atom. The highest BCUT2D eigenvalue weighted by Gasteiger charge is 2.43. The number of thiazole rings is 1. The van der Waals surface area contributed by atoms with Crippen molar-refractivity contribution in [1.29, 1.82) is 0 Å². The van der Waals surface area contributed by atoms with Gasteiger partial charge in [-0.15, -0.1) is 16.4 Å². The summed E-state index contributed by atoms with van der Waals surface area (Å²) in [6.45, 7) is 2.71. The van der Waals surface area contributed by atoms with Crippen molar-refractivity contribution in [2.45, 2.75) is 31.8 Å². The summed E-state index contributed by atoms with van der Waals surface area (Å²) in [6, 6.07) is 0.395. The van der Waals surface area contributed by atoms with Crippen LogP contribution in [0.2, 0.25) is 0 Å². The van der Waals surface area contributed by atoms with Gasteiger partial charge in [0.2, 0.25) is 5.91 Å². The van der Waals surface area contributed by atoms with Gasteiger partial charge in [-0.1, -0.05) is 5.21 Å². The van der Waals surface area contributed by atoms with Crippen molar-refractivity contribution in [1.82, 2.24) is 24.9 Å². The molecular formula is C16H22N6O2S. The van der Waals surface area contributed by atoms with Crippen LogP contribution in [0.1, 0.15) is 18.5 Å². The highest BCUT2D eigenvalue weighted by atomic mass is 32.1. The number of anilines is 1. The van der Waals surface area contributed by atoms with Crippen LogP contribution in [0, 0.1) is 11.8 Å². The molecule has 2 N–H and O–H groups in total. The zero-order valence-electron chi connectivity index (χ0n) is 13.9. The van der Waals surface area contributed by atoms with Gasteiger partial charge in [-0.25, -0.2) is 4.98 Å². The van der Waals surface area contributed by atoms with E-state index in [1.165, 1.54) is 11.3 Å². The third kappa shape index (κ3) is 3.58. The minimum atomic E-state index is 0.0367. The number of aromatic nitrogens is 4. The number of aliphatic hydroxyl groups is 1. The van der Waals surface area contributed by atoms with Gasteiger partial charge in [0, 0.05) is 43.4 Å². The van der Waals surface area contributed by atoms with Crippen LogP contribution in [0.25, 0.3) is 0 Å². The van der Waals surface area contributed by atoms with Gasteiger partial charge in [0.05, 0.1) is 18.2 Å². The topological polar surface area (TPSA) is 96.2 Å². The normalized spacial score (nSPS) is 28.2. The Morgan fingerprint density at radius 2 is 2.40 bits per heavy atom. The van der Waals surface area contributed by atoms with Crippen LogP contribution < -0.4 is 5.32 Å². The highest BCUT2D eigenvalue weighted by Crippen LogP contribution is 2.37. The molecule has 3 aliphatic heterocycles. The number of hydrogen-bond acceptors (Lipinski definition) is 7. The number of hydrogen-bond donors (Lipinski definition) is 2. The summed E-state index contributed by atoms with van der Waals surface area (Å²) < 4.78 is 1.86. The number of amides is 1. The van der Waals surface area contributed by atoms with Crippen LogP contribution in [0.5, 0.6) is 0 Å². The Balaban J connectivity index is 1.37. The summed E-state index contributed by atoms with van der Waals surface area (Å²) in [4.78, 5) is 19.1. The van der Waals surface area contributed by atoms with Crippen molar-refractivity contribution in [3.63, 3.8) is 0 Å². The molecule has 5 rings (SSSR count). The predicted molar refractivity (Wildman–Crippen MR) is 93.1 cm³/mol. The van der Waals surface area contributed by atoms with Gasteiger partial charge in [0.15, 0.2) is 5.13 Å². The van der Waals surface area contributed by atoms with Crippen molar-refractivity contribution in [2.75, 3.05) is 25.0 Å². The first-order valence-electron chi connectivity index (χ1n) is 8.67. The third-order valence-electron chi connectivity index (χ3n) is 5.23. The Kier molecular flexibility index (Phi) is 4.78. The van der Waals surface area contributed by atoms with Crippen molar-refractivity contribution in [3.8, 4) is 0 Å². The van der Waals surface area contributed by atoms with Gasteiger partial charge in [-0.3, -0.25) is 14.4 Å². The molecular weight excluding hydrogens is 340 g/mol. The van der Waals surface area contributed by atoms with E-state index in [4.69, 9.17) is 5.11 Å². The van der Waals surface area contributed by atoms with Crippen molar-refractivity contribution >= 4 is 22.4 Å². The molecule has 8 nitrogen and oxygen atoms in total. The molecule has 3 saturated heterocycles. The summed E-state index contributed by atoms with van der Waals surface area (Å²) in [5, 5.41) is 22.7. The molecule has 2 aromatic heterocycles. The molecule has 4 atom stereocenters. The number of aliphatic hydroxyl groups excluding tert-OH is 1. The molecule has 0 aromatic carbocycles. The molecule has 0 saturated carbocycles. The second-order valence-electron chi connectivity index (χ2n) is 6.77. The van der Waals surface area contributed by atoms with Crippen LogP contribution in [-0.4, -0.2) is 61.6 Å². The first kappa shape index (κ1) is 16.6. The van der Waals surface area contributed by atoms with E-state index in [0.29, 0.717) is 23.5 Å². The van der Waals surface area contributed by atoms with E-state index >= 15 is 0 Å². The van der Waals surface area contributed by atoms with Crippen LogP contribution in [0.15, 0.2) is 17.8 Å². The molecule has 0 aliphatic carbocycles. The lowest BCUT2D eigenvalue weighted by Gasteiger charge is -2.49. The van der Waals surface area contributed by atoms with Crippen molar-refractivity contribution in [2.24, 2.45) is 11.8 Å². The Labute approximate surface area is 149 Å². The summed E-state index contributed by atoms with van der Waals surface area (Å²) in [5.74, 6) is 0.541. The van der Waals surface area contributed by atoms with Crippen LogP contribution >= 0.6 is 11.3 Å². The molecule has 25 heavy (non-hydrogen) atoms. The molecule has 0 radical (unpaired) electrons. The number of piperidine rings is 3. The van der Waals surface area contributed by atoms with Crippen LogP contribution in [0.4, 0.5) is 5.13 Å². The molecule has 134 valence electrons. The number of carbonyl (C=O) groups is 1. The third-order valence-corrected chi connectivity index (χ3v) is 5.92. The van der Waals surface area contributed by atoms with E-state index in [9.17, 15) is 4.79 Å². The zero-order valence-corrected chi connectivity index (χ0v) is 14.7. The fraction of sp³-hybridized carbons (Fsp3) is 0.625. The van der Waals surface area contributed by atoms with E-state index in [1.807, 2.05) is 16.3 Å². The monoisotopic (exact) mass is 362 g/mol. The minimum absolute atomic E-state index is 0.0367. The molecule has 5 heterocycles. The smallest absolute Gasteiger partial charge is 0.230 e. The molecule has 2 bridgehead atoms. The summed E-state index contributed by atoms with van der Waals surface area (Å²) in [5.41, 5.74) is 0.819. The van der Waals surface area contributed by atoms with Gasteiger partial charge in [-0.05, 0) is 25.3 Å². The number of nitrogens with zero attached hydrogens (tertiary/aromatic N) is 5. The van der Waals surface area contributed by atoms with Crippen molar-refractivity contribution in [3.05, 3.63) is 23.5 Å². The first-order valence-corrected chi connectivity index (χ1v) is 9.55. The molecule has 9 heteroatoms. The maximum Gasteiger partial charge on any atom is 0.230 e. The van der Waals surface area contributed by atoms with Gasteiger partial charge >= 0.3 is 0 Å². The lowest BCUT2D eigenvalue weighted by Crippen LogP contribution is -2.57. The number of nitrogens with one attached hydrogen (secondary N) is 1. The first-order chi connectivity index (χ1) is 12.2. The standard InChI is InChI=1S/C16H22N6O2S/c23-5-2-12-8-22(20-19-12)9-13-7-11-1-4-21(13)10-14(11)15(24)18-16-17-3-6-25-16/h3,6,8,11,13-14,23H,1-2,4-5,7,9-10H2,(H,17,18,24)/t11-,13+,14-/m0/s1. The molecule has 3 fully saturated rings. The Bertz CT molecular complexity index is 718. The maximum absolute atomic E-state index is 12.6. The number of carbonyl (C=O) groups excluding carboxylic acids is 1. The molecule has 0 spiro atoms. The average Bonchev–Trinajstić information content (AvgIpc) is 3.28.